The zero-order valence-electron chi connectivity index (χ0n) is 10.4. The monoisotopic (exact) mass is 258 g/mol. The van der Waals surface area contributed by atoms with Gasteiger partial charge in [-0.15, -0.1) is 10.2 Å². The third-order valence-electron chi connectivity index (χ3n) is 2.80. The highest BCUT2D eigenvalue weighted by atomic mass is 19.1. The zero-order valence-corrected chi connectivity index (χ0v) is 10.4. The summed E-state index contributed by atoms with van der Waals surface area (Å²) in [4.78, 5) is 0. The molecule has 2 rings (SSSR count). The lowest BCUT2D eigenvalue weighted by atomic mass is 10.1. The lowest BCUT2D eigenvalue weighted by molar-refractivity contribution is 0.617. The van der Waals surface area contributed by atoms with Crippen LogP contribution in [0, 0.1) is 31.0 Å². The maximum atomic E-state index is 13.3. The largest absolute Gasteiger partial charge is 0.360 e. The molecule has 0 bridgehead atoms. The second-order valence-corrected chi connectivity index (χ2v) is 3.89. The Morgan fingerprint density at radius 2 is 2.21 bits per heavy atom. The Labute approximate surface area is 109 Å². The summed E-state index contributed by atoms with van der Waals surface area (Å²) < 4.78 is 13.3. The summed E-state index contributed by atoms with van der Waals surface area (Å²) >= 11 is 0. The van der Waals surface area contributed by atoms with E-state index in [1.807, 2.05) is 6.07 Å². The van der Waals surface area contributed by atoms with Crippen LogP contribution in [0.15, 0.2) is 18.3 Å². The quantitative estimate of drug-likeness (QED) is 0.821. The fraction of sp³-hybridized carbons (Fsp3) is 0.167. The van der Waals surface area contributed by atoms with E-state index in [1.165, 1.54) is 12.3 Å². The van der Waals surface area contributed by atoms with Crippen molar-refractivity contribution in [1.82, 2.24) is 20.6 Å². The number of nitrogens with one attached hydrogen (secondary N) is 2. The molecular formula is C12H11FN6. The molecule has 0 fully saturated rings. The first-order valence-electron chi connectivity index (χ1n) is 5.50. The van der Waals surface area contributed by atoms with Gasteiger partial charge < -0.3 is 5.32 Å². The van der Waals surface area contributed by atoms with Gasteiger partial charge in [0.05, 0.1) is 0 Å². The van der Waals surface area contributed by atoms with Crippen molar-refractivity contribution in [3.8, 4) is 6.07 Å². The van der Waals surface area contributed by atoms with Gasteiger partial charge in [0, 0.05) is 11.9 Å². The Hall–Kier alpha value is -2.75. The van der Waals surface area contributed by atoms with E-state index >= 15 is 0 Å². The molecule has 0 saturated carbocycles. The smallest absolute Gasteiger partial charge is 0.216 e. The van der Waals surface area contributed by atoms with Crippen molar-refractivity contribution in [2.75, 3.05) is 5.32 Å². The van der Waals surface area contributed by atoms with Crippen LogP contribution in [-0.2, 0) is 0 Å². The van der Waals surface area contributed by atoms with Crippen molar-refractivity contribution < 1.29 is 4.39 Å². The van der Waals surface area contributed by atoms with E-state index in [2.05, 4.69) is 25.9 Å². The third kappa shape index (κ3) is 2.57. The van der Waals surface area contributed by atoms with E-state index in [0.29, 0.717) is 5.56 Å². The SMILES string of the molecule is Cc1c(F)ccc(NC=C(C#N)c2nn[nH]n2)c1C. The molecule has 0 aliphatic rings. The summed E-state index contributed by atoms with van der Waals surface area (Å²) in [5.74, 6) is -0.0582. The van der Waals surface area contributed by atoms with Crippen molar-refractivity contribution in [1.29, 1.82) is 5.26 Å². The fourth-order valence-corrected chi connectivity index (χ4v) is 1.52. The van der Waals surface area contributed by atoms with E-state index < -0.39 is 0 Å². The average Bonchev–Trinajstić information content (AvgIpc) is 2.93. The molecule has 1 aromatic heterocycles. The van der Waals surface area contributed by atoms with Gasteiger partial charge in [-0.3, -0.25) is 0 Å². The van der Waals surface area contributed by atoms with E-state index in [9.17, 15) is 4.39 Å². The molecule has 0 amide bonds. The van der Waals surface area contributed by atoms with Crippen LogP contribution < -0.4 is 5.32 Å². The molecule has 2 aromatic rings. The Bertz CT molecular complexity index is 654. The highest BCUT2D eigenvalue weighted by molar-refractivity contribution is 5.74. The zero-order chi connectivity index (χ0) is 13.8. The van der Waals surface area contributed by atoms with E-state index in [4.69, 9.17) is 5.26 Å². The molecule has 0 atom stereocenters. The van der Waals surface area contributed by atoms with Crippen LogP contribution in [0.5, 0.6) is 0 Å². The van der Waals surface area contributed by atoms with E-state index in [-0.39, 0.29) is 17.2 Å². The molecule has 2 N–H and O–H groups in total. The van der Waals surface area contributed by atoms with Gasteiger partial charge in [-0.25, -0.2) is 4.39 Å². The second kappa shape index (κ2) is 5.27. The number of aromatic amines is 1. The highest BCUT2D eigenvalue weighted by Crippen LogP contribution is 2.21. The maximum Gasteiger partial charge on any atom is 0.216 e. The van der Waals surface area contributed by atoms with Crippen molar-refractivity contribution in [3.05, 3.63) is 41.1 Å². The van der Waals surface area contributed by atoms with Gasteiger partial charge in [0.1, 0.15) is 17.5 Å². The number of hydrogen-bond acceptors (Lipinski definition) is 5. The molecule has 19 heavy (non-hydrogen) atoms. The number of allylic oxidation sites excluding steroid dienone is 1. The first kappa shape index (κ1) is 12.7. The number of nitriles is 1. The van der Waals surface area contributed by atoms with Gasteiger partial charge in [-0.1, -0.05) is 0 Å². The van der Waals surface area contributed by atoms with E-state index in [1.54, 1.807) is 19.9 Å². The molecule has 7 heteroatoms. The minimum absolute atomic E-state index is 0.200. The Balaban J connectivity index is 2.28. The predicted octanol–water partition coefficient (Wildman–Crippen LogP) is 1.93. The van der Waals surface area contributed by atoms with Gasteiger partial charge >= 0.3 is 0 Å². The highest BCUT2D eigenvalue weighted by Gasteiger charge is 2.07. The minimum Gasteiger partial charge on any atom is -0.360 e. The van der Waals surface area contributed by atoms with Gasteiger partial charge in [0.25, 0.3) is 0 Å². The summed E-state index contributed by atoms with van der Waals surface area (Å²) in [5, 5.41) is 25.0. The molecule has 0 aliphatic carbocycles. The lowest BCUT2D eigenvalue weighted by Gasteiger charge is -2.09. The third-order valence-corrected chi connectivity index (χ3v) is 2.80. The Kier molecular flexibility index (Phi) is 3.52. The van der Waals surface area contributed by atoms with Crippen molar-refractivity contribution in [2.24, 2.45) is 0 Å². The molecular weight excluding hydrogens is 247 g/mol. The summed E-state index contributed by atoms with van der Waals surface area (Å²) in [6.45, 7) is 3.50. The molecule has 6 nitrogen and oxygen atoms in total. The molecule has 1 aromatic carbocycles. The lowest BCUT2D eigenvalue weighted by Crippen LogP contribution is -1.97. The first-order chi connectivity index (χ1) is 9.13. The van der Waals surface area contributed by atoms with Crippen LogP contribution in [0.4, 0.5) is 10.1 Å². The van der Waals surface area contributed by atoms with Crippen LogP contribution in [-0.4, -0.2) is 20.6 Å². The number of nitrogens with zero attached hydrogens (tertiary/aromatic N) is 4. The van der Waals surface area contributed by atoms with Crippen molar-refractivity contribution in [3.63, 3.8) is 0 Å². The summed E-state index contributed by atoms with van der Waals surface area (Å²) in [7, 11) is 0. The summed E-state index contributed by atoms with van der Waals surface area (Å²) in [5.41, 5.74) is 2.29. The predicted molar refractivity (Wildman–Crippen MR) is 67.3 cm³/mol. The van der Waals surface area contributed by atoms with Crippen molar-refractivity contribution >= 4 is 11.3 Å². The number of benzene rings is 1. The van der Waals surface area contributed by atoms with Gasteiger partial charge in [-0.2, -0.15) is 10.5 Å². The number of aromatic nitrogens is 4. The number of halogens is 1. The van der Waals surface area contributed by atoms with Gasteiger partial charge in [0.15, 0.2) is 0 Å². The number of H-pyrrole nitrogens is 1. The average molecular weight is 258 g/mol. The molecule has 0 saturated heterocycles. The van der Waals surface area contributed by atoms with Crippen LogP contribution in [0.1, 0.15) is 17.0 Å². The maximum absolute atomic E-state index is 13.3. The van der Waals surface area contributed by atoms with Crippen LogP contribution in [0.2, 0.25) is 0 Å². The number of anilines is 1. The number of tetrazole rings is 1. The van der Waals surface area contributed by atoms with E-state index in [0.717, 1.165) is 11.3 Å². The Morgan fingerprint density at radius 3 is 2.84 bits per heavy atom. The van der Waals surface area contributed by atoms with Crippen LogP contribution >= 0.6 is 0 Å². The molecule has 0 spiro atoms. The first-order valence-corrected chi connectivity index (χ1v) is 5.50. The normalized spacial score (nSPS) is 11.2. The van der Waals surface area contributed by atoms with Gasteiger partial charge in [-0.05, 0) is 42.3 Å². The molecule has 0 unspecified atom stereocenters. The number of hydrogen-bond donors (Lipinski definition) is 2. The minimum atomic E-state index is -0.259. The molecule has 96 valence electrons. The molecule has 0 radical (unpaired) electrons. The second-order valence-electron chi connectivity index (χ2n) is 3.89. The Morgan fingerprint density at radius 1 is 1.42 bits per heavy atom. The molecule has 0 aliphatic heterocycles. The molecule has 1 heterocycles. The number of rotatable bonds is 3. The fourth-order valence-electron chi connectivity index (χ4n) is 1.52. The van der Waals surface area contributed by atoms with Crippen molar-refractivity contribution in [2.45, 2.75) is 13.8 Å². The summed E-state index contributed by atoms with van der Waals surface area (Å²) in [6, 6.07) is 4.94. The van der Waals surface area contributed by atoms with Gasteiger partial charge in [0.2, 0.25) is 5.82 Å². The summed E-state index contributed by atoms with van der Waals surface area (Å²) in [6.07, 6.45) is 1.46. The van der Waals surface area contributed by atoms with Crippen LogP contribution in [0.3, 0.4) is 0 Å². The topological polar surface area (TPSA) is 90.3 Å². The van der Waals surface area contributed by atoms with Crippen LogP contribution in [0.25, 0.3) is 5.57 Å². The standard InChI is InChI=1S/C12H11FN6/c1-7-8(2)11(4-3-10(7)13)15-6-9(5-14)12-16-18-19-17-12/h3-4,6,15H,1-2H3,(H,16,17,18,19).